The molecule has 150 valence electrons. The number of carbonyl (C=O) groups excluding carboxylic acids is 2. The van der Waals surface area contributed by atoms with Crippen molar-refractivity contribution in [1.82, 2.24) is 4.90 Å². The molecular formula is C23H25N3O2S. The maximum atomic E-state index is 13.1. The highest BCUT2D eigenvalue weighted by Crippen LogP contribution is 2.27. The molecule has 1 fully saturated rings. The highest BCUT2D eigenvalue weighted by molar-refractivity contribution is 7.80. The number of hydrogen-bond acceptors (Lipinski definition) is 3. The summed E-state index contributed by atoms with van der Waals surface area (Å²) in [5, 5.41) is 3.57. The Labute approximate surface area is 177 Å². The Morgan fingerprint density at radius 2 is 2.00 bits per heavy atom. The minimum absolute atomic E-state index is 0.0812. The monoisotopic (exact) mass is 407 g/mol. The summed E-state index contributed by atoms with van der Waals surface area (Å²) < 4.78 is 0. The molecule has 2 aromatic carbocycles. The summed E-state index contributed by atoms with van der Waals surface area (Å²) >= 11 is 5.57. The van der Waals surface area contributed by atoms with Crippen molar-refractivity contribution in [3.63, 3.8) is 0 Å². The second-order valence-electron chi connectivity index (χ2n) is 7.05. The lowest BCUT2D eigenvalue weighted by molar-refractivity contribution is -0.122. The fourth-order valence-corrected chi connectivity index (χ4v) is 3.74. The quantitative estimate of drug-likeness (QED) is 0.444. The Balaban J connectivity index is 1.81. The highest BCUT2D eigenvalue weighted by Gasteiger charge is 2.43. The van der Waals surface area contributed by atoms with E-state index in [9.17, 15) is 9.59 Å². The van der Waals surface area contributed by atoms with Gasteiger partial charge in [0, 0.05) is 12.2 Å². The number of thiocarbonyl (C=S) groups is 1. The maximum Gasteiger partial charge on any atom is 0.257 e. The van der Waals surface area contributed by atoms with Crippen LogP contribution in [0.2, 0.25) is 0 Å². The standard InChI is InChI=1S/C23H25N3O2S/c1-4-13-25(23(29)24-18-8-6-7-16(3)14-18)20-15-21(27)26(22(20)28)19-11-9-17(5-2)10-12-19/h4,6-12,14,20H,1,5,13,15H2,2-3H3,(H,24,29)/t20-/m0/s1. The number of anilines is 2. The average Bonchev–Trinajstić information content (AvgIpc) is 3.00. The van der Waals surface area contributed by atoms with Crippen LogP contribution in [-0.4, -0.2) is 34.4 Å². The Morgan fingerprint density at radius 3 is 2.62 bits per heavy atom. The van der Waals surface area contributed by atoms with Gasteiger partial charge in [0.1, 0.15) is 6.04 Å². The van der Waals surface area contributed by atoms with Crippen molar-refractivity contribution < 1.29 is 9.59 Å². The zero-order valence-electron chi connectivity index (χ0n) is 16.7. The van der Waals surface area contributed by atoms with Gasteiger partial charge in [-0.05, 0) is 61.0 Å². The van der Waals surface area contributed by atoms with Crippen molar-refractivity contribution in [2.75, 3.05) is 16.8 Å². The van der Waals surface area contributed by atoms with Gasteiger partial charge in [-0.3, -0.25) is 9.59 Å². The van der Waals surface area contributed by atoms with Crippen LogP contribution in [0.3, 0.4) is 0 Å². The lowest BCUT2D eigenvalue weighted by Crippen LogP contribution is -2.47. The number of hydrogen-bond donors (Lipinski definition) is 1. The third-order valence-electron chi connectivity index (χ3n) is 4.96. The normalized spacial score (nSPS) is 16.1. The van der Waals surface area contributed by atoms with E-state index in [1.807, 2.05) is 55.5 Å². The van der Waals surface area contributed by atoms with Crippen LogP contribution in [0, 0.1) is 6.92 Å². The van der Waals surface area contributed by atoms with Gasteiger partial charge in [-0.15, -0.1) is 6.58 Å². The fraction of sp³-hybridized carbons (Fsp3) is 0.261. The van der Waals surface area contributed by atoms with E-state index in [0.29, 0.717) is 17.3 Å². The summed E-state index contributed by atoms with van der Waals surface area (Å²) in [7, 11) is 0. The molecule has 0 radical (unpaired) electrons. The zero-order chi connectivity index (χ0) is 21.0. The molecule has 5 nitrogen and oxygen atoms in total. The number of amides is 2. The van der Waals surface area contributed by atoms with Gasteiger partial charge in [-0.25, -0.2) is 4.90 Å². The number of benzene rings is 2. The van der Waals surface area contributed by atoms with Gasteiger partial charge in [-0.1, -0.05) is 37.3 Å². The molecule has 0 aliphatic carbocycles. The molecular weight excluding hydrogens is 382 g/mol. The van der Waals surface area contributed by atoms with Crippen LogP contribution in [0.25, 0.3) is 0 Å². The largest absolute Gasteiger partial charge is 0.333 e. The van der Waals surface area contributed by atoms with Crippen LogP contribution in [0.15, 0.2) is 61.2 Å². The predicted molar refractivity (Wildman–Crippen MR) is 121 cm³/mol. The van der Waals surface area contributed by atoms with E-state index in [1.165, 1.54) is 4.90 Å². The number of rotatable bonds is 6. The molecule has 1 atom stereocenters. The Morgan fingerprint density at radius 1 is 1.28 bits per heavy atom. The summed E-state index contributed by atoms with van der Waals surface area (Å²) in [6, 6.07) is 14.7. The summed E-state index contributed by atoms with van der Waals surface area (Å²) in [5.74, 6) is -0.494. The Kier molecular flexibility index (Phi) is 6.44. The molecule has 0 saturated carbocycles. The lowest BCUT2D eigenvalue weighted by atomic mass is 10.1. The van der Waals surface area contributed by atoms with Crippen LogP contribution in [0.4, 0.5) is 11.4 Å². The first-order chi connectivity index (χ1) is 13.9. The van der Waals surface area contributed by atoms with Gasteiger partial charge in [-0.2, -0.15) is 0 Å². The lowest BCUT2D eigenvalue weighted by Gasteiger charge is -2.29. The smallest absolute Gasteiger partial charge is 0.257 e. The van der Waals surface area contributed by atoms with Crippen molar-refractivity contribution in [1.29, 1.82) is 0 Å². The third-order valence-corrected chi connectivity index (χ3v) is 5.29. The molecule has 2 aromatic rings. The van der Waals surface area contributed by atoms with Crippen molar-refractivity contribution >= 4 is 40.5 Å². The van der Waals surface area contributed by atoms with Gasteiger partial charge >= 0.3 is 0 Å². The van der Waals surface area contributed by atoms with Crippen molar-refractivity contribution in [3.8, 4) is 0 Å². The van der Waals surface area contributed by atoms with Crippen LogP contribution in [0.5, 0.6) is 0 Å². The first-order valence-electron chi connectivity index (χ1n) is 9.65. The van der Waals surface area contributed by atoms with Crippen molar-refractivity contribution in [2.24, 2.45) is 0 Å². The molecule has 0 aromatic heterocycles. The van der Waals surface area contributed by atoms with E-state index in [4.69, 9.17) is 12.2 Å². The molecule has 2 amide bonds. The molecule has 0 spiro atoms. The maximum absolute atomic E-state index is 13.1. The fourth-order valence-electron chi connectivity index (χ4n) is 3.42. The summed E-state index contributed by atoms with van der Waals surface area (Å²) in [4.78, 5) is 28.8. The molecule has 1 aliphatic rings. The Bertz CT molecular complexity index is 939. The summed E-state index contributed by atoms with van der Waals surface area (Å²) in [5.41, 5.74) is 3.69. The number of imide groups is 1. The number of aryl methyl sites for hydroxylation is 2. The molecule has 1 aliphatic heterocycles. The number of nitrogens with one attached hydrogen (secondary N) is 1. The molecule has 6 heteroatoms. The first-order valence-corrected chi connectivity index (χ1v) is 10.1. The third kappa shape index (κ3) is 4.54. The minimum atomic E-state index is -0.656. The van der Waals surface area contributed by atoms with Gasteiger partial charge in [0.25, 0.3) is 5.91 Å². The van der Waals surface area contributed by atoms with E-state index < -0.39 is 6.04 Å². The van der Waals surface area contributed by atoms with Crippen molar-refractivity contribution in [2.45, 2.75) is 32.7 Å². The van der Waals surface area contributed by atoms with Crippen LogP contribution < -0.4 is 10.2 Å². The average molecular weight is 408 g/mol. The van der Waals surface area contributed by atoms with E-state index >= 15 is 0 Å². The van der Waals surface area contributed by atoms with E-state index in [2.05, 4.69) is 18.8 Å². The molecule has 1 heterocycles. The second kappa shape index (κ2) is 9.01. The van der Waals surface area contributed by atoms with Gasteiger partial charge in [0.2, 0.25) is 5.91 Å². The first kappa shape index (κ1) is 20.7. The van der Waals surface area contributed by atoms with E-state index in [0.717, 1.165) is 23.2 Å². The van der Waals surface area contributed by atoms with Gasteiger partial charge < -0.3 is 10.2 Å². The molecule has 1 saturated heterocycles. The Hall–Kier alpha value is -2.99. The van der Waals surface area contributed by atoms with Crippen LogP contribution in [-0.2, 0) is 16.0 Å². The predicted octanol–water partition coefficient (Wildman–Crippen LogP) is 4.07. The second-order valence-corrected chi connectivity index (χ2v) is 7.43. The van der Waals surface area contributed by atoms with Crippen molar-refractivity contribution in [3.05, 3.63) is 72.3 Å². The van der Waals surface area contributed by atoms with Crippen LogP contribution in [0.1, 0.15) is 24.5 Å². The molecule has 1 N–H and O–H groups in total. The van der Waals surface area contributed by atoms with Crippen LogP contribution >= 0.6 is 12.2 Å². The summed E-state index contributed by atoms with van der Waals surface area (Å²) in [6.45, 7) is 8.20. The molecule has 0 unspecified atom stereocenters. The molecule has 3 rings (SSSR count). The number of carbonyl (C=O) groups is 2. The van der Waals surface area contributed by atoms with E-state index in [1.54, 1.807) is 11.0 Å². The SMILES string of the molecule is C=CCN(C(=S)Nc1cccc(C)c1)[C@H]1CC(=O)N(c2ccc(CC)cc2)C1=O. The molecule has 29 heavy (non-hydrogen) atoms. The number of nitrogens with zero attached hydrogens (tertiary/aromatic N) is 2. The highest BCUT2D eigenvalue weighted by atomic mass is 32.1. The van der Waals surface area contributed by atoms with Gasteiger partial charge in [0.15, 0.2) is 5.11 Å². The topological polar surface area (TPSA) is 52.7 Å². The van der Waals surface area contributed by atoms with E-state index in [-0.39, 0.29) is 18.2 Å². The summed E-state index contributed by atoms with van der Waals surface area (Å²) in [6.07, 6.45) is 2.66. The van der Waals surface area contributed by atoms with Gasteiger partial charge in [0.05, 0.1) is 12.1 Å². The zero-order valence-corrected chi connectivity index (χ0v) is 17.5. The minimum Gasteiger partial charge on any atom is -0.333 e. The molecule has 0 bridgehead atoms.